The number of piperidine rings is 1. The highest BCUT2D eigenvalue weighted by atomic mass is 16.5. The zero-order valence-electron chi connectivity index (χ0n) is 11.7. The van der Waals surface area contributed by atoms with E-state index in [2.05, 4.69) is 5.32 Å². The average Bonchev–Trinajstić information content (AvgIpc) is 2.43. The highest BCUT2D eigenvalue weighted by Crippen LogP contribution is 2.18. The van der Waals surface area contributed by atoms with Crippen LogP contribution in [-0.2, 0) is 19.1 Å². The molecule has 2 rings (SSSR count). The maximum atomic E-state index is 11.8. The first-order valence-electron chi connectivity index (χ1n) is 7.34. The van der Waals surface area contributed by atoms with Gasteiger partial charge in [0.1, 0.15) is 0 Å². The lowest BCUT2D eigenvalue weighted by Gasteiger charge is -2.25. The summed E-state index contributed by atoms with van der Waals surface area (Å²) in [5, 5.41) is 2.79. The molecule has 0 atom stereocenters. The van der Waals surface area contributed by atoms with Crippen LogP contribution in [0.4, 0.5) is 0 Å². The summed E-state index contributed by atoms with van der Waals surface area (Å²) in [6, 6.07) is 0. The standard InChI is InChI=1S/C14H22N2O4/c17-12(10-11-4-8-20-9-5-11)15-6-7-16-13(18)2-1-3-14(16)19/h11H,1-10H2,(H,15,17). The Morgan fingerprint density at radius 2 is 1.85 bits per heavy atom. The summed E-state index contributed by atoms with van der Waals surface area (Å²) in [5.74, 6) is 0.135. The van der Waals surface area contributed by atoms with E-state index >= 15 is 0 Å². The fourth-order valence-corrected chi connectivity index (χ4v) is 2.64. The number of carbonyl (C=O) groups excluding carboxylic acids is 3. The molecule has 0 aromatic carbocycles. The molecule has 0 aromatic rings. The third-order valence-electron chi connectivity index (χ3n) is 3.86. The minimum atomic E-state index is -0.125. The molecular weight excluding hydrogens is 260 g/mol. The van der Waals surface area contributed by atoms with Gasteiger partial charge in [0.2, 0.25) is 17.7 Å². The van der Waals surface area contributed by atoms with Crippen LogP contribution in [0, 0.1) is 5.92 Å². The number of carbonyl (C=O) groups is 3. The van der Waals surface area contributed by atoms with Crippen molar-refractivity contribution < 1.29 is 19.1 Å². The maximum Gasteiger partial charge on any atom is 0.229 e. The largest absolute Gasteiger partial charge is 0.381 e. The molecule has 0 aliphatic carbocycles. The van der Waals surface area contributed by atoms with E-state index in [1.807, 2.05) is 0 Å². The van der Waals surface area contributed by atoms with Gasteiger partial charge in [0.15, 0.2) is 0 Å². The minimum absolute atomic E-state index is 0.00573. The second-order valence-corrected chi connectivity index (χ2v) is 5.40. The second-order valence-electron chi connectivity index (χ2n) is 5.40. The molecule has 6 nitrogen and oxygen atoms in total. The van der Waals surface area contributed by atoms with Crippen LogP contribution in [-0.4, -0.2) is 48.9 Å². The van der Waals surface area contributed by atoms with Crippen molar-refractivity contribution in [3.8, 4) is 0 Å². The number of nitrogens with one attached hydrogen (secondary N) is 1. The first-order valence-corrected chi connectivity index (χ1v) is 7.34. The Hall–Kier alpha value is -1.43. The fraction of sp³-hybridized carbons (Fsp3) is 0.786. The number of rotatable bonds is 5. The summed E-state index contributed by atoms with van der Waals surface area (Å²) in [6.45, 7) is 2.10. The van der Waals surface area contributed by atoms with Gasteiger partial charge in [0, 0.05) is 45.6 Å². The van der Waals surface area contributed by atoms with E-state index in [0.29, 0.717) is 38.1 Å². The molecule has 2 saturated heterocycles. The number of amides is 3. The zero-order valence-corrected chi connectivity index (χ0v) is 11.7. The summed E-state index contributed by atoms with van der Waals surface area (Å²) >= 11 is 0. The molecule has 3 amide bonds. The predicted octanol–water partition coefficient (Wildman–Crippen LogP) is 0.458. The first kappa shape index (κ1) is 15.0. The number of likely N-dealkylation sites (tertiary alicyclic amines) is 1. The van der Waals surface area contributed by atoms with Gasteiger partial charge in [0.05, 0.1) is 0 Å². The lowest BCUT2D eigenvalue weighted by molar-refractivity contribution is -0.148. The Labute approximate surface area is 118 Å². The summed E-state index contributed by atoms with van der Waals surface area (Å²) in [6.07, 6.45) is 3.87. The van der Waals surface area contributed by atoms with Crippen LogP contribution in [0.15, 0.2) is 0 Å². The van der Waals surface area contributed by atoms with E-state index in [1.54, 1.807) is 0 Å². The van der Waals surface area contributed by atoms with Crippen molar-refractivity contribution in [3.05, 3.63) is 0 Å². The molecular formula is C14H22N2O4. The van der Waals surface area contributed by atoms with Crippen LogP contribution >= 0.6 is 0 Å². The van der Waals surface area contributed by atoms with Crippen molar-refractivity contribution in [2.24, 2.45) is 5.92 Å². The molecule has 0 aromatic heterocycles. The minimum Gasteiger partial charge on any atom is -0.381 e. The van der Waals surface area contributed by atoms with Crippen molar-refractivity contribution in [1.82, 2.24) is 10.2 Å². The number of ether oxygens (including phenoxy) is 1. The summed E-state index contributed by atoms with van der Waals surface area (Å²) in [7, 11) is 0. The number of imide groups is 1. The monoisotopic (exact) mass is 282 g/mol. The van der Waals surface area contributed by atoms with Crippen LogP contribution in [0.25, 0.3) is 0 Å². The highest BCUT2D eigenvalue weighted by Gasteiger charge is 2.25. The van der Waals surface area contributed by atoms with E-state index in [1.165, 1.54) is 4.90 Å². The van der Waals surface area contributed by atoms with Crippen LogP contribution < -0.4 is 5.32 Å². The quantitative estimate of drug-likeness (QED) is 0.743. The highest BCUT2D eigenvalue weighted by molar-refractivity contribution is 5.97. The van der Waals surface area contributed by atoms with Gasteiger partial charge >= 0.3 is 0 Å². The van der Waals surface area contributed by atoms with Crippen molar-refractivity contribution in [3.63, 3.8) is 0 Å². The summed E-state index contributed by atoms with van der Waals surface area (Å²) in [4.78, 5) is 36.2. The molecule has 0 spiro atoms. The molecule has 0 radical (unpaired) electrons. The SMILES string of the molecule is O=C(CC1CCOCC1)NCCN1C(=O)CCCC1=O. The molecule has 0 unspecified atom stereocenters. The van der Waals surface area contributed by atoms with Crippen LogP contribution in [0.2, 0.25) is 0 Å². The van der Waals surface area contributed by atoms with E-state index in [9.17, 15) is 14.4 Å². The summed E-state index contributed by atoms with van der Waals surface area (Å²) < 4.78 is 5.25. The van der Waals surface area contributed by atoms with Crippen LogP contribution in [0.3, 0.4) is 0 Å². The van der Waals surface area contributed by atoms with Crippen molar-refractivity contribution in [2.75, 3.05) is 26.3 Å². The Morgan fingerprint density at radius 1 is 1.20 bits per heavy atom. The van der Waals surface area contributed by atoms with E-state index in [0.717, 1.165) is 26.1 Å². The number of hydrogen-bond acceptors (Lipinski definition) is 4. The molecule has 2 heterocycles. The van der Waals surface area contributed by atoms with Gasteiger partial charge in [-0.2, -0.15) is 0 Å². The first-order chi connectivity index (χ1) is 9.66. The summed E-state index contributed by atoms with van der Waals surface area (Å²) in [5.41, 5.74) is 0. The van der Waals surface area contributed by atoms with Crippen molar-refractivity contribution >= 4 is 17.7 Å². The van der Waals surface area contributed by atoms with Gasteiger partial charge in [-0.1, -0.05) is 0 Å². The van der Waals surface area contributed by atoms with Gasteiger partial charge in [-0.15, -0.1) is 0 Å². The van der Waals surface area contributed by atoms with E-state index in [-0.39, 0.29) is 24.3 Å². The zero-order chi connectivity index (χ0) is 14.4. The molecule has 0 saturated carbocycles. The topological polar surface area (TPSA) is 75.7 Å². The molecule has 20 heavy (non-hydrogen) atoms. The fourth-order valence-electron chi connectivity index (χ4n) is 2.64. The predicted molar refractivity (Wildman–Crippen MR) is 71.7 cm³/mol. The Kier molecular flexibility index (Phi) is 5.52. The normalized spacial score (nSPS) is 21.1. The van der Waals surface area contributed by atoms with Gasteiger partial charge < -0.3 is 10.1 Å². The third-order valence-corrected chi connectivity index (χ3v) is 3.86. The molecule has 6 heteroatoms. The third kappa shape index (κ3) is 4.30. The molecule has 2 aliphatic heterocycles. The van der Waals surface area contributed by atoms with Crippen LogP contribution in [0.1, 0.15) is 38.5 Å². The Bertz CT molecular complexity index is 361. The van der Waals surface area contributed by atoms with Gasteiger partial charge in [-0.25, -0.2) is 0 Å². The Balaban J connectivity index is 1.65. The number of hydrogen-bond donors (Lipinski definition) is 1. The van der Waals surface area contributed by atoms with Gasteiger partial charge in [-0.05, 0) is 25.2 Å². The Morgan fingerprint density at radius 3 is 2.50 bits per heavy atom. The van der Waals surface area contributed by atoms with E-state index in [4.69, 9.17) is 4.74 Å². The molecule has 1 N–H and O–H groups in total. The van der Waals surface area contributed by atoms with Crippen molar-refractivity contribution in [2.45, 2.75) is 38.5 Å². The second kappa shape index (κ2) is 7.38. The average molecular weight is 282 g/mol. The molecule has 0 bridgehead atoms. The van der Waals surface area contributed by atoms with Crippen molar-refractivity contribution in [1.29, 1.82) is 0 Å². The van der Waals surface area contributed by atoms with Gasteiger partial charge in [0.25, 0.3) is 0 Å². The molecule has 2 fully saturated rings. The van der Waals surface area contributed by atoms with Gasteiger partial charge in [-0.3, -0.25) is 19.3 Å². The molecule has 112 valence electrons. The maximum absolute atomic E-state index is 11.8. The van der Waals surface area contributed by atoms with E-state index < -0.39 is 0 Å². The lowest BCUT2D eigenvalue weighted by Crippen LogP contribution is -2.44. The lowest BCUT2D eigenvalue weighted by atomic mass is 9.96. The van der Waals surface area contributed by atoms with Crippen LogP contribution in [0.5, 0.6) is 0 Å². The molecule has 2 aliphatic rings. The smallest absolute Gasteiger partial charge is 0.229 e. The number of nitrogens with zero attached hydrogens (tertiary/aromatic N) is 1.